The molecule has 138 valence electrons. The van der Waals surface area contributed by atoms with Crippen molar-refractivity contribution in [2.45, 2.75) is 30.7 Å². The van der Waals surface area contributed by atoms with Crippen LogP contribution in [0.1, 0.15) is 46.7 Å². The first-order chi connectivity index (χ1) is 13.1. The van der Waals surface area contributed by atoms with Crippen LogP contribution in [0, 0.1) is 11.3 Å². The second kappa shape index (κ2) is 7.17. The lowest BCUT2D eigenvalue weighted by Crippen LogP contribution is -2.52. The molecule has 0 aromatic heterocycles. The Hall–Kier alpha value is -2.64. The normalized spacial score (nSPS) is 21.9. The highest BCUT2D eigenvalue weighted by Gasteiger charge is 2.46. The van der Waals surface area contributed by atoms with Crippen molar-refractivity contribution in [3.8, 4) is 6.07 Å². The highest BCUT2D eigenvalue weighted by molar-refractivity contribution is 5.96. The first kappa shape index (κ1) is 17.8. The number of piperidine rings is 1. The summed E-state index contributed by atoms with van der Waals surface area (Å²) in [6.45, 7) is 2.59. The van der Waals surface area contributed by atoms with Crippen molar-refractivity contribution >= 4 is 5.91 Å². The molecule has 1 atom stereocenters. The molecule has 0 saturated carbocycles. The lowest BCUT2D eigenvalue weighted by atomic mass is 9.81. The molecule has 1 unspecified atom stereocenters. The van der Waals surface area contributed by atoms with E-state index in [1.807, 2.05) is 11.0 Å². The molecule has 2 fully saturated rings. The number of nitriles is 1. The number of carbonyl (C=O) groups is 1. The van der Waals surface area contributed by atoms with Gasteiger partial charge in [-0.3, -0.25) is 9.69 Å². The van der Waals surface area contributed by atoms with Gasteiger partial charge in [-0.15, -0.1) is 0 Å². The Morgan fingerprint density at radius 3 is 2.44 bits per heavy atom. The van der Waals surface area contributed by atoms with Gasteiger partial charge in [-0.2, -0.15) is 5.26 Å². The van der Waals surface area contributed by atoms with Gasteiger partial charge in [0.2, 0.25) is 0 Å². The number of benzene rings is 2. The lowest BCUT2D eigenvalue weighted by molar-refractivity contribution is 0.0492. The summed E-state index contributed by atoms with van der Waals surface area (Å²) in [4.78, 5) is 17.3. The van der Waals surface area contributed by atoms with E-state index in [9.17, 15) is 10.1 Å². The quantitative estimate of drug-likeness (QED) is 0.822. The lowest BCUT2D eigenvalue weighted by Gasteiger charge is -2.43. The van der Waals surface area contributed by atoms with Gasteiger partial charge in [0.25, 0.3) is 5.91 Å². The molecule has 0 aliphatic carbocycles. The fourth-order valence-electron chi connectivity index (χ4n) is 4.80. The fourth-order valence-corrected chi connectivity index (χ4v) is 4.80. The van der Waals surface area contributed by atoms with Crippen molar-refractivity contribution < 1.29 is 4.79 Å². The molecule has 1 spiro atoms. The van der Waals surface area contributed by atoms with E-state index >= 15 is 0 Å². The summed E-state index contributed by atoms with van der Waals surface area (Å²) in [5.41, 5.74) is 2.59. The average Bonchev–Trinajstić information content (AvgIpc) is 3.04. The molecular weight excluding hydrogens is 334 g/mol. The Morgan fingerprint density at radius 1 is 1.07 bits per heavy atom. The van der Waals surface area contributed by atoms with E-state index in [0.29, 0.717) is 17.0 Å². The van der Waals surface area contributed by atoms with Crippen LogP contribution in [-0.2, 0) is 0 Å². The molecule has 4 nitrogen and oxygen atoms in total. The predicted molar refractivity (Wildman–Crippen MR) is 105 cm³/mol. The van der Waals surface area contributed by atoms with Gasteiger partial charge in [-0.25, -0.2) is 0 Å². The molecule has 2 saturated heterocycles. The smallest absolute Gasteiger partial charge is 0.255 e. The molecule has 1 amide bonds. The van der Waals surface area contributed by atoms with Crippen LogP contribution in [0.25, 0.3) is 0 Å². The predicted octanol–water partition coefficient (Wildman–Crippen LogP) is 3.65. The van der Waals surface area contributed by atoms with Crippen molar-refractivity contribution in [1.29, 1.82) is 5.26 Å². The van der Waals surface area contributed by atoms with Crippen molar-refractivity contribution in [2.24, 2.45) is 0 Å². The highest BCUT2D eigenvalue weighted by atomic mass is 16.2. The van der Waals surface area contributed by atoms with Gasteiger partial charge >= 0.3 is 0 Å². The van der Waals surface area contributed by atoms with E-state index < -0.39 is 0 Å². The number of likely N-dealkylation sites (N-methyl/N-ethyl adjacent to an activating group) is 1. The number of likely N-dealkylation sites (tertiary alicyclic amines) is 2. The zero-order chi connectivity index (χ0) is 18.9. The average molecular weight is 359 g/mol. The van der Waals surface area contributed by atoms with Crippen LogP contribution in [0.5, 0.6) is 0 Å². The number of rotatable bonds is 2. The fraction of sp³-hybridized carbons (Fsp3) is 0.391. The molecule has 2 aromatic carbocycles. The second-order valence-corrected chi connectivity index (χ2v) is 7.87. The van der Waals surface area contributed by atoms with Gasteiger partial charge in [0.15, 0.2) is 0 Å². The molecule has 0 radical (unpaired) electrons. The molecule has 2 heterocycles. The topological polar surface area (TPSA) is 47.3 Å². The zero-order valence-electron chi connectivity index (χ0n) is 15.8. The minimum absolute atomic E-state index is 0.0118. The molecular formula is C23H25N3O. The minimum Gasteiger partial charge on any atom is -0.338 e. The highest BCUT2D eigenvalue weighted by Crippen LogP contribution is 2.44. The number of hydrogen-bond acceptors (Lipinski definition) is 3. The molecule has 2 aliphatic heterocycles. The largest absolute Gasteiger partial charge is 0.338 e. The first-order valence-corrected chi connectivity index (χ1v) is 9.67. The summed E-state index contributed by atoms with van der Waals surface area (Å²) in [6, 6.07) is 20.0. The van der Waals surface area contributed by atoms with Gasteiger partial charge in [0.1, 0.15) is 0 Å². The number of amides is 1. The molecule has 0 N–H and O–H groups in total. The Balaban J connectivity index is 1.46. The molecule has 4 rings (SSSR count). The van der Waals surface area contributed by atoms with E-state index in [-0.39, 0.29) is 11.4 Å². The Morgan fingerprint density at radius 2 is 1.74 bits per heavy atom. The number of nitrogens with zero attached hydrogens (tertiary/aromatic N) is 3. The molecule has 27 heavy (non-hydrogen) atoms. The molecule has 2 aromatic rings. The van der Waals surface area contributed by atoms with Crippen LogP contribution < -0.4 is 0 Å². The number of hydrogen-bond donors (Lipinski definition) is 0. The monoisotopic (exact) mass is 359 g/mol. The van der Waals surface area contributed by atoms with E-state index in [1.54, 1.807) is 18.2 Å². The van der Waals surface area contributed by atoms with Crippen molar-refractivity contribution in [2.75, 3.05) is 26.7 Å². The third kappa shape index (κ3) is 3.24. The number of carbonyl (C=O) groups excluding carboxylic acids is 1. The first-order valence-electron chi connectivity index (χ1n) is 9.67. The van der Waals surface area contributed by atoms with Gasteiger partial charge in [-0.1, -0.05) is 42.5 Å². The zero-order valence-corrected chi connectivity index (χ0v) is 15.8. The summed E-state index contributed by atoms with van der Waals surface area (Å²) in [6.07, 6.45) is 3.14. The summed E-state index contributed by atoms with van der Waals surface area (Å²) in [5, 5.41) is 9.28. The summed E-state index contributed by atoms with van der Waals surface area (Å²) in [5.74, 6) is 0.556. The van der Waals surface area contributed by atoms with Crippen LogP contribution >= 0.6 is 0 Å². The Kier molecular flexibility index (Phi) is 4.72. The van der Waals surface area contributed by atoms with Crippen LogP contribution in [0.15, 0.2) is 54.6 Å². The van der Waals surface area contributed by atoms with Crippen molar-refractivity contribution in [3.63, 3.8) is 0 Å². The van der Waals surface area contributed by atoms with E-state index in [2.05, 4.69) is 48.3 Å². The standard InChI is InChI=1S/C23H25N3O/c1-25-17-20(18-7-3-2-4-8-18)15-23(25)11-13-26(14-12-23)22(27)21-10-6-5-9-19(21)16-24/h2-10,20H,11-15,17H2,1H3. The van der Waals surface area contributed by atoms with Crippen LogP contribution in [-0.4, -0.2) is 47.9 Å². The van der Waals surface area contributed by atoms with Crippen LogP contribution in [0.4, 0.5) is 0 Å². The van der Waals surface area contributed by atoms with Gasteiger partial charge in [-0.05, 0) is 49.9 Å². The van der Waals surface area contributed by atoms with E-state index in [1.165, 1.54) is 5.56 Å². The Labute approximate surface area is 161 Å². The SMILES string of the molecule is CN1CC(c2ccccc2)CC12CCN(C(=O)c1ccccc1C#N)CC2. The van der Waals surface area contributed by atoms with E-state index in [4.69, 9.17) is 0 Å². The van der Waals surface area contributed by atoms with Crippen molar-refractivity contribution in [1.82, 2.24) is 9.80 Å². The van der Waals surface area contributed by atoms with Crippen LogP contribution in [0.2, 0.25) is 0 Å². The maximum absolute atomic E-state index is 12.9. The van der Waals surface area contributed by atoms with Crippen molar-refractivity contribution in [3.05, 3.63) is 71.3 Å². The maximum atomic E-state index is 12.9. The molecule has 4 heteroatoms. The van der Waals surface area contributed by atoms with Crippen LogP contribution in [0.3, 0.4) is 0 Å². The molecule has 2 aliphatic rings. The summed E-state index contributed by atoms with van der Waals surface area (Å²) < 4.78 is 0. The third-order valence-corrected chi connectivity index (χ3v) is 6.46. The van der Waals surface area contributed by atoms with Gasteiger partial charge in [0.05, 0.1) is 17.2 Å². The van der Waals surface area contributed by atoms with Gasteiger partial charge < -0.3 is 4.90 Å². The maximum Gasteiger partial charge on any atom is 0.255 e. The second-order valence-electron chi connectivity index (χ2n) is 7.87. The minimum atomic E-state index is -0.0118. The molecule has 0 bridgehead atoms. The van der Waals surface area contributed by atoms with E-state index in [0.717, 1.165) is 38.9 Å². The van der Waals surface area contributed by atoms with Gasteiger partial charge in [0, 0.05) is 25.2 Å². The summed E-state index contributed by atoms with van der Waals surface area (Å²) >= 11 is 0. The third-order valence-electron chi connectivity index (χ3n) is 6.46. The summed E-state index contributed by atoms with van der Waals surface area (Å²) in [7, 11) is 2.23. The Bertz CT molecular complexity index is 863.